The third kappa shape index (κ3) is 4.87. The summed E-state index contributed by atoms with van der Waals surface area (Å²) in [6.07, 6.45) is 3.92. The highest BCUT2D eigenvalue weighted by atomic mass is 16.5. The number of carbonyl (C=O) groups is 1. The van der Waals surface area contributed by atoms with Gasteiger partial charge in [-0.25, -0.2) is 4.79 Å². The van der Waals surface area contributed by atoms with Gasteiger partial charge in [-0.3, -0.25) is 0 Å². The van der Waals surface area contributed by atoms with Crippen LogP contribution in [0.4, 0.5) is 5.69 Å². The van der Waals surface area contributed by atoms with E-state index < -0.39 is 5.97 Å². The van der Waals surface area contributed by atoms with Gasteiger partial charge in [0.1, 0.15) is 12.0 Å². The quantitative estimate of drug-likeness (QED) is 0.242. The normalized spacial score (nSPS) is 10.7. The Morgan fingerprint density at radius 2 is 2.14 bits per heavy atom. The molecular weight excluding hydrogens is 270 g/mol. The number of anilines is 1. The van der Waals surface area contributed by atoms with E-state index in [1.54, 1.807) is 18.0 Å². The number of likely N-dealkylation sites (N-methyl/N-ethyl adjacent to an activating group) is 1. The Morgan fingerprint density at radius 3 is 2.76 bits per heavy atom. The molecule has 5 nitrogen and oxygen atoms in total. The molecule has 0 bridgehead atoms. The molecule has 0 unspecified atom stereocenters. The maximum Gasteiger partial charge on any atom is 0.357 e. The number of esters is 1. The highest BCUT2D eigenvalue weighted by Gasteiger charge is 2.17. The molecule has 0 atom stereocenters. The predicted molar refractivity (Wildman–Crippen MR) is 82.3 cm³/mol. The van der Waals surface area contributed by atoms with Gasteiger partial charge in [0.25, 0.3) is 0 Å². The maximum atomic E-state index is 11.8. The van der Waals surface area contributed by atoms with Crippen molar-refractivity contribution >= 4 is 11.7 Å². The van der Waals surface area contributed by atoms with Crippen LogP contribution in [0.25, 0.3) is 0 Å². The molecule has 0 aliphatic carbocycles. The van der Waals surface area contributed by atoms with Crippen LogP contribution >= 0.6 is 0 Å². The molecule has 0 aliphatic rings. The average molecular weight is 291 g/mol. The van der Waals surface area contributed by atoms with Crippen LogP contribution in [0.3, 0.4) is 0 Å². The maximum absolute atomic E-state index is 11.8. The van der Waals surface area contributed by atoms with Gasteiger partial charge in [0.2, 0.25) is 0 Å². The molecule has 0 spiro atoms. The van der Waals surface area contributed by atoms with E-state index in [-0.39, 0.29) is 0 Å². The lowest BCUT2D eigenvalue weighted by Gasteiger charge is -2.21. The third-order valence-corrected chi connectivity index (χ3v) is 2.78. The molecule has 5 heteroatoms. The molecule has 1 aromatic rings. The first-order valence-corrected chi connectivity index (χ1v) is 6.52. The molecule has 1 rings (SSSR count). The molecule has 114 valence electrons. The van der Waals surface area contributed by atoms with Crippen LogP contribution in [0.2, 0.25) is 0 Å². The Bertz CT molecular complexity index is 511. The molecule has 0 N–H and O–H groups in total. The second-order valence-electron chi connectivity index (χ2n) is 4.21. The minimum atomic E-state index is -0.475. The van der Waals surface area contributed by atoms with Crippen molar-refractivity contribution in [2.75, 3.05) is 32.8 Å². The first kappa shape index (κ1) is 16.6. The van der Waals surface area contributed by atoms with E-state index in [9.17, 15) is 4.79 Å². The molecule has 0 heterocycles. The van der Waals surface area contributed by atoms with Gasteiger partial charge in [-0.2, -0.15) is 0 Å². The summed E-state index contributed by atoms with van der Waals surface area (Å²) in [5, 5.41) is 0. The van der Waals surface area contributed by atoms with Gasteiger partial charge >= 0.3 is 5.97 Å². The summed E-state index contributed by atoms with van der Waals surface area (Å²) in [7, 11) is 4.56. The SMILES string of the molecule is C=CCCOc1cccc(N(C)/C(=C\OC)C(=O)OC)c1. The van der Waals surface area contributed by atoms with E-state index in [4.69, 9.17) is 14.2 Å². The summed E-state index contributed by atoms with van der Waals surface area (Å²) >= 11 is 0. The van der Waals surface area contributed by atoms with Crippen molar-refractivity contribution in [1.29, 1.82) is 0 Å². The van der Waals surface area contributed by atoms with Gasteiger partial charge in [0.15, 0.2) is 5.70 Å². The zero-order chi connectivity index (χ0) is 15.7. The molecular formula is C16H21NO4. The number of carbonyl (C=O) groups excluding carboxylic acids is 1. The van der Waals surface area contributed by atoms with Gasteiger partial charge in [-0.05, 0) is 18.6 Å². The number of benzene rings is 1. The topological polar surface area (TPSA) is 48.0 Å². The predicted octanol–water partition coefficient (Wildman–Crippen LogP) is 2.74. The largest absolute Gasteiger partial charge is 0.502 e. The molecule has 0 fully saturated rings. The molecule has 0 radical (unpaired) electrons. The minimum Gasteiger partial charge on any atom is -0.502 e. The average Bonchev–Trinajstić information content (AvgIpc) is 2.52. The van der Waals surface area contributed by atoms with Crippen molar-refractivity contribution in [3.8, 4) is 5.75 Å². The zero-order valence-corrected chi connectivity index (χ0v) is 12.7. The number of hydrogen-bond acceptors (Lipinski definition) is 5. The van der Waals surface area contributed by atoms with Crippen molar-refractivity contribution in [3.63, 3.8) is 0 Å². The summed E-state index contributed by atoms with van der Waals surface area (Å²) < 4.78 is 15.3. The van der Waals surface area contributed by atoms with E-state index in [1.807, 2.05) is 24.3 Å². The van der Waals surface area contributed by atoms with Crippen LogP contribution in [0, 0.1) is 0 Å². The van der Waals surface area contributed by atoms with Gasteiger partial charge in [-0.15, -0.1) is 6.58 Å². The second kappa shape index (κ2) is 8.68. The van der Waals surface area contributed by atoms with Crippen molar-refractivity contribution < 1.29 is 19.0 Å². The first-order chi connectivity index (χ1) is 10.1. The standard InChI is InChI=1S/C16H21NO4/c1-5-6-10-21-14-9-7-8-13(11-14)17(2)15(12-19-3)16(18)20-4/h5,7-9,11-12H,1,6,10H2,2-4H3/b15-12-. The Balaban J connectivity index is 2.92. The number of methoxy groups -OCH3 is 2. The monoisotopic (exact) mass is 291 g/mol. The summed E-state index contributed by atoms with van der Waals surface area (Å²) in [6.45, 7) is 4.21. The van der Waals surface area contributed by atoms with Gasteiger partial charge in [-0.1, -0.05) is 12.1 Å². The molecule has 0 saturated carbocycles. The second-order valence-corrected chi connectivity index (χ2v) is 4.21. The summed E-state index contributed by atoms with van der Waals surface area (Å²) in [5.41, 5.74) is 1.09. The molecule has 21 heavy (non-hydrogen) atoms. The Kier molecular flexibility index (Phi) is 6.87. The lowest BCUT2D eigenvalue weighted by Crippen LogP contribution is -2.24. The fourth-order valence-electron chi connectivity index (χ4n) is 1.66. The minimum absolute atomic E-state index is 0.295. The van der Waals surface area contributed by atoms with Crippen LogP contribution in [-0.2, 0) is 14.3 Å². The Hall–Kier alpha value is -2.43. The fraction of sp³-hybridized carbons (Fsp3) is 0.312. The van der Waals surface area contributed by atoms with E-state index in [0.717, 1.165) is 17.9 Å². The number of hydrogen-bond donors (Lipinski definition) is 0. The van der Waals surface area contributed by atoms with Gasteiger partial charge < -0.3 is 19.1 Å². The molecule has 0 aliphatic heterocycles. The Labute approximate surface area is 125 Å². The van der Waals surface area contributed by atoms with Gasteiger partial charge in [0.05, 0.1) is 20.8 Å². The third-order valence-electron chi connectivity index (χ3n) is 2.78. The molecule has 1 aromatic carbocycles. The number of ether oxygens (including phenoxy) is 3. The van der Waals surface area contributed by atoms with Crippen LogP contribution in [-0.4, -0.2) is 33.8 Å². The number of rotatable bonds is 8. The zero-order valence-electron chi connectivity index (χ0n) is 12.7. The first-order valence-electron chi connectivity index (χ1n) is 6.52. The van der Waals surface area contributed by atoms with E-state index >= 15 is 0 Å². The Morgan fingerprint density at radius 1 is 1.38 bits per heavy atom. The highest BCUT2D eigenvalue weighted by molar-refractivity contribution is 5.92. The number of nitrogens with zero attached hydrogens (tertiary/aromatic N) is 1. The van der Waals surface area contributed by atoms with Crippen molar-refractivity contribution in [3.05, 3.63) is 48.9 Å². The lowest BCUT2D eigenvalue weighted by molar-refractivity contribution is -0.136. The highest BCUT2D eigenvalue weighted by Crippen LogP contribution is 2.23. The van der Waals surface area contributed by atoms with Crippen LogP contribution < -0.4 is 9.64 Å². The van der Waals surface area contributed by atoms with Crippen LogP contribution in [0.5, 0.6) is 5.75 Å². The lowest BCUT2D eigenvalue weighted by atomic mass is 10.2. The molecule has 0 amide bonds. The van der Waals surface area contributed by atoms with Crippen molar-refractivity contribution in [1.82, 2.24) is 0 Å². The van der Waals surface area contributed by atoms with Crippen LogP contribution in [0.1, 0.15) is 6.42 Å². The van der Waals surface area contributed by atoms with Crippen molar-refractivity contribution in [2.45, 2.75) is 6.42 Å². The summed E-state index contributed by atoms with van der Waals surface area (Å²) in [4.78, 5) is 13.4. The van der Waals surface area contributed by atoms with E-state index in [1.165, 1.54) is 20.5 Å². The smallest absolute Gasteiger partial charge is 0.357 e. The van der Waals surface area contributed by atoms with E-state index in [2.05, 4.69) is 6.58 Å². The van der Waals surface area contributed by atoms with Crippen LogP contribution in [0.15, 0.2) is 48.9 Å². The molecule has 0 aromatic heterocycles. The van der Waals surface area contributed by atoms with E-state index in [0.29, 0.717) is 12.3 Å². The fourth-order valence-corrected chi connectivity index (χ4v) is 1.66. The van der Waals surface area contributed by atoms with Gasteiger partial charge in [0, 0.05) is 18.8 Å². The molecule has 0 saturated heterocycles. The summed E-state index contributed by atoms with van der Waals surface area (Å²) in [5.74, 6) is 0.250. The van der Waals surface area contributed by atoms with Crippen molar-refractivity contribution in [2.24, 2.45) is 0 Å². The summed E-state index contributed by atoms with van der Waals surface area (Å²) in [6, 6.07) is 7.43.